The Kier molecular flexibility index (Phi) is 6.49. The molecule has 1 aromatic carbocycles. The lowest BCUT2D eigenvalue weighted by Crippen LogP contribution is -2.47. The van der Waals surface area contributed by atoms with Crippen molar-refractivity contribution < 1.29 is 14.6 Å². The number of carbonyl (C=O) groups excluding carboxylic acids is 1. The molecule has 0 radical (unpaired) electrons. The van der Waals surface area contributed by atoms with Gasteiger partial charge in [0.25, 0.3) is 5.91 Å². The number of amides is 1. The Morgan fingerprint density at radius 1 is 1.33 bits per heavy atom. The second kappa shape index (κ2) is 7.66. The number of halogens is 1. The van der Waals surface area contributed by atoms with Crippen LogP contribution in [0.2, 0.25) is 5.02 Å². The summed E-state index contributed by atoms with van der Waals surface area (Å²) in [6, 6.07) is 6.89. The first kappa shape index (κ1) is 17.8. The largest absolute Gasteiger partial charge is 0.478 e. The Balaban J connectivity index is 2.52. The Morgan fingerprint density at radius 2 is 1.90 bits per heavy atom. The minimum absolute atomic E-state index is 0.185. The monoisotopic (exact) mass is 313 g/mol. The number of nitrogens with one attached hydrogen (secondary N) is 1. The molecule has 5 heteroatoms. The number of hydrogen-bond donors (Lipinski definition) is 2. The summed E-state index contributed by atoms with van der Waals surface area (Å²) in [7, 11) is 0. The van der Waals surface area contributed by atoms with Crippen LogP contribution in [-0.2, 0) is 4.79 Å². The maximum atomic E-state index is 12.2. The molecule has 1 amide bonds. The van der Waals surface area contributed by atoms with Crippen LogP contribution < -0.4 is 10.1 Å². The Hall–Kier alpha value is -1.26. The lowest BCUT2D eigenvalue weighted by Gasteiger charge is -2.26. The van der Waals surface area contributed by atoms with Gasteiger partial charge in [0.2, 0.25) is 0 Å². The van der Waals surface area contributed by atoms with Crippen LogP contribution in [0, 0.1) is 5.92 Å². The highest BCUT2D eigenvalue weighted by molar-refractivity contribution is 6.30. The van der Waals surface area contributed by atoms with Gasteiger partial charge in [0.15, 0.2) is 5.60 Å². The van der Waals surface area contributed by atoms with Crippen molar-refractivity contribution in [1.29, 1.82) is 0 Å². The van der Waals surface area contributed by atoms with E-state index in [1.807, 2.05) is 6.92 Å². The number of hydrogen-bond acceptors (Lipinski definition) is 3. The lowest BCUT2D eigenvalue weighted by molar-refractivity contribution is -0.134. The van der Waals surface area contributed by atoms with E-state index in [9.17, 15) is 9.90 Å². The maximum absolute atomic E-state index is 12.2. The van der Waals surface area contributed by atoms with E-state index >= 15 is 0 Å². The third-order valence-electron chi connectivity index (χ3n) is 3.09. The van der Waals surface area contributed by atoms with Gasteiger partial charge in [-0.2, -0.15) is 0 Å². The standard InChI is InChI=1S/C16H24ClNO3/c1-11(9-12(2)19)10-18-15(20)16(3,4)21-14-7-5-13(17)6-8-14/h5-8,11-12,19H,9-10H2,1-4H3,(H,18,20)/t11-,12+/m1/s1. The average molecular weight is 314 g/mol. The van der Waals surface area contributed by atoms with Crippen LogP contribution in [0.3, 0.4) is 0 Å². The normalized spacial score (nSPS) is 14.4. The summed E-state index contributed by atoms with van der Waals surface area (Å²) in [6.07, 6.45) is 0.286. The Morgan fingerprint density at radius 3 is 2.43 bits per heavy atom. The van der Waals surface area contributed by atoms with Crippen molar-refractivity contribution in [2.24, 2.45) is 5.92 Å². The zero-order valence-electron chi connectivity index (χ0n) is 13.0. The average Bonchev–Trinajstić information content (AvgIpc) is 2.37. The summed E-state index contributed by atoms with van der Waals surface area (Å²) in [4.78, 5) is 12.2. The molecule has 4 nitrogen and oxygen atoms in total. The number of aliphatic hydroxyl groups excluding tert-OH is 1. The van der Waals surface area contributed by atoms with E-state index in [1.165, 1.54) is 0 Å². The van der Waals surface area contributed by atoms with E-state index < -0.39 is 5.60 Å². The van der Waals surface area contributed by atoms with Crippen LogP contribution in [0.5, 0.6) is 5.75 Å². The van der Waals surface area contributed by atoms with E-state index in [0.717, 1.165) is 0 Å². The first-order chi connectivity index (χ1) is 9.70. The Bertz CT molecular complexity index is 457. The molecular weight excluding hydrogens is 290 g/mol. The van der Waals surface area contributed by atoms with Gasteiger partial charge in [-0.1, -0.05) is 18.5 Å². The van der Waals surface area contributed by atoms with E-state index in [2.05, 4.69) is 5.32 Å². The third kappa shape index (κ3) is 6.36. The zero-order chi connectivity index (χ0) is 16.0. The number of aliphatic hydroxyl groups is 1. The maximum Gasteiger partial charge on any atom is 0.263 e. The fourth-order valence-electron chi connectivity index (χ4n) is 1.99. The highest BCUT2D eigenvalue weighted by Gasteiger charge is 2.30. The van der Waals surface area contributed by atoms with Gasteiger partial charge in [0.05, 0.1) is 6.10 Å². The van der Waals surface area contributed by atoms with Crippen molar-refractivity contribution >= 4 is 17.5 Å². The van der Waals surface area contributed by atoms with Gasteiger partial charge in [-0.15, -0.1) is 0 Å². The third-order valence-corrected chi connectivity index (χ3v) is 3.34. The molecule has 0 aliphatic carbocycles. The summed E-state index contributed by atoms with van der Waals surface area (Å²) < 4.78 is 5.71. The summed E-state index contributed by atoms with van der Waals surface area (Å²) >= 11 is 5.82. The second-order valence-corrected chi connectivity index (χ2v) is 6.40. The second-order valence-electron chi connectivity index (χ2n) is 5.97. The topological polar surface area (TPSA) is 58.6 Å². The molecule has 0 heterocycles. The molecule has 2 atom stereocenters. The molecule has 2 N–H and O–H groups in total. The molecule has 0 spiro atoms. The number of benzene rings is 1. The van der Waals surface area contributed by atoms with Gasteiger partial charge in [-0.25, -0.2) is 0 Å². The number of carbonyl (C=O) groups is 1. The van der Waals surface area contributed by atoms with E-state index in [-0.39, 0.29) is 17.9 Å². The van der Waals surface area contributed by atoms with E-state index in [1.54, 1.807) is 45.0 Å². The van der Waals surface area contributed by atoms with Gasteiger partial charge >= 0.3 is 0 Å². The zero-order valence-corrected chi connectivity index (χ0v) is 13.8. The summed E-state index contributed by atoms with van der Waals surface area (Å²) in [5.41, 5.74) is -0.974. The molecule has 0 aliphatic rings. The van der Waals surface area contributed by atoms with E-state index in [0.29, 0.717) is 23.7 Å². The highest BCUT2D eigenvalue weighted by atomic mass is 35.5. The summed E-state index contributed by atoms with van der Waals surface area (Å²) in [5.74, 6) is 0.617. The van der Waals surface area contributed by atoms with Crippen molar-refractivity contribution in [2.45, 2.75) is 45.8 Å². The van der Waals surface area contributed by atoms with Crippen molar-refractivity contribution in [3.63, 3.8) is 0 Å². The van der Waals surface area contributed by atoms with Crippen LogP contribution in [-0.4, -0.2) is 29.3 Å². The predicted octanol–water partition coefficient (Wildman–Crippen LogP) is 3.02. The van der Waals surface area contributed by atoms with Gasteiger partial charge in [-0.05, 0) is 57.4 Å². The van der Waals surface area contributed by atoms with E-state index in [4.69, 9.17) is 16.3 Å². The molecule has 118 valence electrons. The van der Waals surface area contributed by atoms with Crippen LogP contribution in [0.25, 0.3) is 0 Å². The van der Waals surface area contributed by atoms with Crippen molar-refractivity contribution in [3.8, 4) is 5.75 Å². The minimum Gasteiger partial charge on any atom is -0.478 e. The molecule has 0 aromatic heterocycles. The van der Waals surface area contributed by atoms with Crippen LogP contribution in [0.15, 0.2) is 24.3 Å². The number of ether oxygens (including phenoxy) is 1. The van der Waals surface area contributed by atoms with Crippen LogP contribution >= 0.6 is 11.6 Å². The molecule has 0 aliphatic heterocycles. The van der Waals surface area contributed by atoms with Crippen molar-refractivity contribution in [2.75, 3.05) is 6.54 Å². The molecule has 1 rings (SSSR count). The Labute approximate surface area is 131 Å². The quantitative estimate of drug-likeness (QED) is 0.813. The van der Waals surface area contributed by atoms with Gasteiger partial charge in [0, 0.05) is 11.6 Å². The van der Waals surface area contributed by atoms with Crippen molar-refractivity contribution in [1.82, 2.24) is 5.32 Å². The smallest absolute Gasteiger partial charge is 0.263 e. The lowest BCUT2D eigenvalue weighted by atomic mass is 10.0. The van der Waals surface area contributed by atoms with Crippen LogP contribution in [0.1, 0.15) is 34.1 Å². The summed E-state index contributed by atoms with van der Waals surface area (Å²) in [6.45, 7) is 7.68. The van der Waals surface area contributed by atoms with Crippen LogP contribution in [0.4, 0.5) is 0 Å². The van der Waals surface area contributed by atoms with Gasteiger partial charge in [-0.3, -0.25) is 4.79 Å². The summed E-state index contributed by atoms with van der Waals surface area (Å²) in [5, 5.41) is 12.8. The molecule has 1 aromatic rings. The fourth-order valence-corrected chi connectivity index (χ4v) is 2.12. The van der Waals surface area contributed by atoms with Crippen molar-refractivity contribution in [3.05, 3.63) is 29.3 Å². The first-order valence-electron chi connectivity index (χ1n) is 7.11. The van der Waals surface area contributed by atoms with Gasteiger partial charge < -0.3 is 15.2 Å². The molecule has 0 saturated heterocycles. The minimum atomic E-state index is -0.974. The first-order valence-corrected chi connectivity index (χ1v) is 7.49. The molecule has 0 fully saturated rings. The SMILES string of the molecule is C[C@@H](CNC(=O)C(C)(C)Oc1ccc(Cl)cc1)C[C@H](C)O. The van der Waals surface area contributed by atoms with Gasteiger partial charge in [0.1, 0.15) is 5.75 Å². The molecule has 21 heavy (non-hydrogen) atoms. The highest BCUT2D eigenvalue weighted by Crippen LogP contribution is 2.21. The molecular formula is C16H24ClNO3. The predicted molar refractivity (Wildman–Crippen MR) is 84.6 cm³/mol. The number of rotatable bonds is 7. The molecule has 0 unspecified atom stereocenters. The molecule has 0 saturated carbocycles. The fraction of sp³-hybridized carbons (Fsp3) is 0.562. The molecule has 0 bridgehead atoms.